The van der Waals surface area contributed by atoms with E-state index in [2.05, 4.69) is 10.2 Å². The number of piperidine rings is 1. The predicted octanol–water partition coefficient (Wildman–Crippen LogP) is 3.81. The minimum absolute atomic E-state index is 0.253. The molecule has 0 aliphatic carbocycles. The van der Waals surface area contributed by atoms with Gasteiger partial charge in [-0.15, -0.1) is 0 Å². The van der Waals surface area contributed by atoms with E-state index in [1.807, 2.05) is 42.5 Å². The first-order chi connectivity index (χ1) is 13.1. The fourth-order valence-corrected chi connectivity index (χ4v) is 3.01. The highest BCUT2D eigenvalue weighted by molar-refractivity contribution is 5.67. The zero-order valence-corrected chi connectivity index (χ0v) is 15.1. The Morgan fingerprint density at radius 1 is 1.15 bits per heavy atom. The first-order valence-electron chi connectivity index (χ1n) is 8.97. The van der Waals surface area contributed by atoms with Crippen molar-refractivity contribution in [3.8, 4) is 0 Å². The smallest absolute Gasteiger partial charge is 0.410 e. The molecule has 2 N–H and O–H groups in total. The third-order valence-corrected chi connectivity index (χ3v) is 4.78. The molecule has 0 saturated carbocycles. The molecule has 0 radical (unpaired) electrons. The largest absolute Gasteiger partial charge is 0.445 e. The average molecular weight is 365 g/mol. The van der Waals surface area contributed by atoms with Gasteiger partial charge in [0.05, 0.1) is 12.2 Å². The van der Waals surface area contributed by atoms with Gasteiger partial charge in [0.2, 0.25) is 0 Å². The van der Waals surface area contributed by atoms with Crippen LogP contribution in [0.5, 0.6) is 0 Å². The number of benzene rings is 2. The maximum Gasteiger partial charge on any atom is 0.410 e. The van der Waals surface area contributed by atoms with Gasteiger partial charge >= 0.3 is 6.09 Å². The minimum atomic E-state index is -0.866. The van der Waals surface area contributed by atoms with Crippen molar-refractivity contribution in [2.45, 2.75) is 25.0 Å². The molecule has 0 atom stereocenters. The van der Waals surface area contributed by atoms with Crippen molar-refractivity contribution in [3.63, 3.8) is 0 Å². The van der Waals surface area contributed by atoms with E-state index >= 15 is 0 Å². The van der Waals surface area contributed by atoms with E-state index in [0.29, 0.717) is 38.2 Å². The number of rotatable bonds is 5. The van der Waals surface area contributed by atoms with E-state index in [9.17, 15) is 9.90 Å². The summed E-state index contributed by atoms with van der Waals surface area (Å²) in [6.07, 6.45) is 0.629. The lowest BCUT2D eigenvalue weighted by atomic mass is 9.91. The first kappa shape index (κ1) is 18.7. The van der Waals surface area contributed by atoms with Gasteiger partial charge in [0.15, 0.2) is 5.69 Å². The Labute approximate surface area is 159 Å². The maximum atomic E-state index is 12.2. The highest BCUT2D eigenvalue weighted by Gasteiger charge is 2.34. The molecular weight excluding hydrogens is 342 g/mol. The molecule has 0 aromatic heterocycles. The summed E-state index contributed by atoms with van der Waals surface area (Å²) >= 11 is 0. The molecule has 1 aliphatic rings. The van der Waals surface area contributed by atoms with Crippen molar-refractivity contribution < 1.29 is 14.6 Å². The highest BCUT2D eigenvalue weighted by Crippen LogP contribution is 2.24. The Bertz CT molecular complexity index is 792. The van der Waals surface area contributed by atoms with Crippen LogP contribution in [0.15, 0.2) is 54.6 Å². The molecule has 27 heavy (non-hydrogen) atoms. The van der Waals surface area contributed by atoms with E-state index in [0.717, 1.165) is 11.3 Å². The Kier molecular flexibility index (Phi) is 5.94. The normalized spacial score (nSPS) is 15.6. The summed E-state index contributed by atoms with van der Waals surface area (Å²) < 4.78 is 5.35. The van der Waals surface area contributed by atoms with Crippen LogP contribution >= 0.6 is 0 Å². The van der Waals surface area contributed by atoms with Crippen LogP contribution in [0.4, 0.5) is 16.2 Å². The molecule has 3 rings (SSSR count). The van der Waals surface area contributed by atoms with Crippen molar-refractivity contribution in [2.75, 3.05) is 25.0 Å². The lowest BCUT2D eigenvalue weighted by molar-refractivity contribution is -0.0110. The van der Waals surface area contributed by atoms with E-state index < -0.39 is 5.60 Å². The molecule has 2 aromatic carbocycles. The Hall–Kier alpha value is -3.04. The second-order valence-corrected chi connectivity index (χ2v) is 6.76. The van der Waals surface area contributed by atoms with Gasteiger partial charge in [-0.05, 0) is 30.5 Å². The number of likely N-dealkylation sites (tertiary alicyclic amines) is 1. The van der Waals surface area contributed by atoms with E-state index in [1.54, 1.807) is 17.0 Å². The number of nitrogens with zero attached hydrogens (tertiary/aromatic N) is 2. The molecule has 1 aliphatic heterocycles. The van der Waals surface area contributed by atoms with Crippen molar-refractivity contribution in [3.05, 3.63) is 71.6 Å². The van der Waals surface area contributed by atoms with Gasteiger partial charge < -0.3 is 20.1 Å². The molecule has 0 bridgehead atoms. The van der Waals surface area contributed by atoms with Gasteiger partial charge in [-0.25, -0.2) is 9.64 Å². The van der Waals surface area contributed by atoms with Gasteiger partial charge in [0.25, 0.3) is 0 Å². The van der Waals surface area contributed by atoms with Gasteiger partial charge in [-0.3, -0.25) is 0 Å². The summed E-state index contributed by atoms with van der Waals surface area (Å²) in [7, 11) is 0. The molecule has 1 amide bonds. The fraction of sp³-hybridized carbons (Fsp3) is 0.333. The molecule has 6 nitrogen and oxygen atoms in total. The van der Waals surface area contributed by atoms with Crippen molar-refractivity contribution >= 4 is 17.5 Å². The topological polar surface area (TPSA) is 66.2 Å². The molecule has 0 unspecified atom stereocenters. The maximum absolute atomic E-state index is 12.2. The number of anilines is 1. The standard InChI is InChI=1S/C21H23N3O3/c1-22-18-7-9-19(10-8-18)23-16-21(26)11-13-24(14-12-21)20(25)27-15-17-5-3-2-4-6-17/h2-10,23,26H,11-16H2. The van der Waals surface area contributed by atoms with Crippen LogP contribution < -0.4 is 5.32 Å². The third kappa shape index (κ3) is 5.22. The Morgan fingerprint density at radius 3 is 2.44 bits per heavy atom. The van der Waals surface area contributed by atoms with E-state index in [4.69, 9.17) is 11.3 Å². The Morgan fingerprint density at radius 2 is 1.81 bits per heavy atom. The summed E-state index contributed by atoms with van der Waals surface area (Å²) in [6, 6.07) is 16.7. The number of hydrogen-bond donors (Lipinski definition) is 2. The number of nitrogens with one attached hydrogen (secondary N) is 1. The second-order valence-electron chi connectivity index (χ2n) is 6.76. The van der Waals surface area contributed by atoms with E-state index in [1.165, 1.54) is 0 Å². The van der Waals surface area contributed by atoms with Crippen LogP contribution in [0.25, 0.3) is 4.85 Å². The lowest BCUT2D eigenvalue weighted by Crippen LogP contribution is -2.50. The predicted molar refractivity (Wildman–Crippen MR) is 104 cm³/mol. The number of amides is 1. The number of ether oxygens (including phenoxy) is 1. The summed E-state index contributed by atoms with van der Waals surface area (Å²) in [5.74, 6) is 0. The molecule has 0 spiro atoms. The van der Waals surface area contributed by atoms with Crippen LogP contribution in [0, 0.1) is 6.57 Å². The monoisotopic (exact) mass is 365 g/mol. The molecule has 140 valence electrons. The number of aliphatic hydroxyl groups is 1. The second kappa shape index (κ2) is 8.56. The summed E-state index contributed by atoms with van der Waals surface area (Å²) in [5.41, 5.74) is 1.53. The van der Waals surface area contributed by atoms with Gasteiger partial charge in [-0.1, -0.05) is 42.5 Å². The van der Waals surface area contributed by atoms with Gasteiger partial charge in [0, 0.05) is 25.3 Å². The van der Waals surface area contributed by atoms with E-state index in [-0.39, 0.29) is 12.7 Å². The molecular formula is C21H23N3O3. The van der Waals surface area contributed by atoms with Crippen LogP contribution in [0.2, 0.25) is 0 Å². The first-order valence-corrected chi connectivity index (χ1v) is 8.97. The summed E-state index contributed by atoms with van der Waals surface area (Å²) in [4.78, 5) is 17.2. The molecule has 1 heterocycles. The zero-order chi connectivity index (χ0) is 19.1. The van der Waals surface area contributed by atoms with Crippen molar-refractivity contribution in [1.29, 1.82) is 0 Å². The van der Waals surface area contributed by atoms with Crippen molar-refractivity contribution in [1.82, 2.24) is 4.90 Å². The molecule has 2 aromatic rings. The van der Waals surface area contributed by atoms with Crippen molar-refractivity contribution in [2.24, 2.45) is 0 Å². The minimum Gasteiger partial charge on any atom is -0.445 e. The van der Waals surface area contributed by atoms with Crippen LogP contribution in [-0.4, -0.2) is 41.3 Å². The van der Waals surface area contributed by atoms with Gasteiger partial charge in [0.1, 0.15) is 6.61 Å². The zero-order valence-electron chi connectivity index (χ0n) is 15.1. The summed E-state index contributed by atoms with van der Waals surface area (Å²) in [6.45, 7) is 8.54. The Balaban J connectivity index is 1.44. The third-order valence-electron chi connectivity index (χ3n) is 4.78. The van der Waals surface area contributed by atoms with Crippen LogP contribution in [0.1, 0.15) is 18.4 Å². The fourth-order valence-electron chi connectivity index (χ4n) is 3.01. The van der Waals surface area contributed by atoms with Crippen LogP contribution in [0.3, 0.4) is 0 Å². The average Bonchev–Trinajstić information content (AvgIpc) is 2.72. The van der Waals surface area contributed by atoms with Crippen LogP contribution in [-0.2, 0) is 11.3 Å². The molecule has 1 fully saturated rings. The lowest BCUT2D eigenvalue weighted by Gasteiger charge is -2.37. The number of hydrogen-bond acceptors (Lipinski definition) is 4. The van der Waals surface area contributed by atoms with Gasteiger partial charge in [-0.2, -0.15) is 0 Å². The summed E-state index contributed by atoms with van der Waals surface area (Å²) in [5, 5.41) is 14.0. The molecule has 1 saturated heterocycles. The SMILES string of the molecule is [C-]#[N+]c1ccc(NCC2(O)CCN(C(=O)OCc3ccccc3)CC2)cc1. The highest BCUT2D eigenvalue weighted by atomic mass is 16.6. The quantitative estimate of drug-likeness (QED) is 0.791. The number of carbonyl (C=O) groups is 1. The molecule has 6 heteroatoms. The number of carbonyl (C=O) groups excluding carboxylic acids is 1.